The molecule has 316 valence electrons. The van der Waals surface area contributed by atoms with Crippen LogP contribution < -0.4 is 31.0 Å². The van der Waals surface area contributed by atoms with Crippen molar-refractivity contribution in [2.45, 2.75) is 38.4 Å². The predicted octanol–water partition coefficient (Wildman–Crippen LogP) is 0.828. The molecule has 1 atom stereocenters. The monoisotopic (exact) mass is 837 g/mol. The molecule has 19 nitrogen and oxygen atoms in total. The Hall–Kier alpha value is -6.28. The zero-order valence-corrected chi connectivity index (χ0v) is 34.1. The molecule has 4 heterocycles. The third-order valence-electron chi connectivity index (χ3n) is 10.1. The van der Waals surface area contributed by atoms with E-state index in [1.54, 1.807) is 27.5 Å². The molecule has 59 heavy (non-hydrogen) atoms. The number of hydrogen-bond acceptors (Lipinski definition) is 13. The van der Waals surface area contributed by atoms with Gasteiger partial charge in [-0.15, -0.1) is 0 Å². The van der Waals surface area contributed by atoms with E-state index < -0.39 is 45.5 Å². The summed E-state index contributed by atoms with van der Waals surface area (Å²) in [5.41, 5.74) is 3.88. The lowest BCUT2D eigenvalue weighted by Crippen LogP contribution is -2.54. The standard InChI is InChI=1S/C38H45N7O10S.CH2O2/c1-42(2)19-27-30(54-4)17-22(18-31(27)55-5)25-20-43(3)35(48)26-21-44(14-11-23(25)26)38(51)40-13-16-56(52,53)15-12-39-28-8-6-7-24-33(28)37(50)45(36(24)49)29-9-10-32(46)41-34(29)47;2-1-3/h6-8,17-18,20,29,39H,9-16,19,21H2,1-5H3,(H,40,51)(H,41,46,47);1H,(H,2,3). The first kappa shape index (κ1) is 43.8. The van der Waals surface area contributed by atoms with E-state index in [1.165, 1.54) is 27.7 Å². The van der Waals surface area contributed by atoms with Crippen LogP contribution in [0.2, 0.25) is 0 Å². The molecule has 1 unspecified atom stereocenters. The summed E-state index contributed by atoms with van der Waals surface area (Å²) in [6, 6.07) is 6.73. The highest BCUT2D eigenvalue weighted by Gasteiger charge is 2.45. The Morgan fingerprint density at radius 2 is 1.64 bits per heavy atom. The lowest BCUT2D eigenvalue weighted by molar-refractivity contribution is -0.136. The second-order valence-corrected chi connectivity index (χ2v) is 16.6. The van der Waals surface area contributed by atoms with Crippen molar-refractivity contribution in [2.24, 2.45) is 7.05 Å². The number of pyridine rings is 1. The first-order valence-electron chi connectivity index (χ1n) is 18.6. The molecule has 3 aliphatic heterocycles. The van der Waals surface area contributed by atoms with E-state index in [0.717, 1.165) is 27.2 Å². The molecule has 4 N–H and O–H groups in total. The number of carboxylic acid groups (broad SMARTS) is 1. The first-order chi connectivity index (χ1) is 28.0. The van der Waals surface area contributed by atoms with Crippen LogP contribution in [0.4, 0.5) is 10.5 Å². The number of ether oxygens (including phenoxy) is 2. The minimum atomic E-state index is -3.70. The molecular weight excluding hydrogens is 791 g/mol. The average Bonchev–Trinajstić information content (AvgIpc) is 3.45. The number of carbonyl (C=O) groups excluding carboxylic acids is 5. The molecule has 1 saturated heterocycles. The third-order valence-corrected chi connectivity index (χ3v) is 11.8. The van der Waals surface area contributed by atoms with Crippen LogP contribution in [0.5, 0.6) is 11.5 Å². The van der Waals surface area contributed by atoms with Gasteiger partial charge in [-0.2, -0.15) is 0 Å². The maximum atomic E-state index is 13.3. The van der Waals surface area contributed by atoms with E-state index in [-0.39, 0.29) is 72.8 Å². The van der Waals surface area contributed by atoms with E-state index >= 15 is 0 Å². The highest BCUT2D eigenvalue weighted by Crippen LogP contribution is 2.38. The molecule has 1 aromatic heterocycles. The molecule has 20 heteroatoms. The topological polar surface area (TPSA) is 243 Å². The number of carbonyl (C=O) groups is 6. The zero-order chi connectivity index (χ0) is 43.2. The van der Waals surface area contributed by atoms with E-state index in [9.17, 15) is 37.2 Å². The highest BCUT2D eigenvalue weighted by molar-refractivity contribution is 7.91. The van der Waals surface area contributed by atoms with Gasteiger partial charge in [0.1, 0.15) is 17.5 Å². The number of piperidine rings is 1. The number of urea groups is 1. The van der Waals surface area contributed by atoms with Crippen molar-refractivity contribution >= 4 is 51.7 Å². The average molecular weight is 838 g/mol. The molecule has 0 aliphatic carbocycles. The van der Waals surface area contributed by atoms with Gasteiger partial charge in [-0.25, -0.2) is 13.2 Å². The number of nitrogens with one attached hydrogen (secondary N) is 3. The van der Waals surface area contributed by atoms with E-state index in [0.29, 0.717) is 36.6 Å². The summed E-state index contributed by atoms with van der Waals surface area (Å²) in [6.45, 7) is 0.407. The molecule has 0 spiro atoms. The number of hydrogen-bond donors (Lipinski definition) is 4. The van der Waals surface area contributed by atoms with Crippen molar-refractivity contribution < 1.29 is 51.8 Å². The maximum Gasteiger partial charge on any atom is 0.317 e. The Morgan fingerprint density at radius 3 is 2.27 bits per heavy atom. The molecule has 6 amide bonds. The number of rotatable bonds is 13. The van der Waals surface area contributed by atoms with Gasteiger partial charge in [-0.1, -0.05) is 6.07 Å². The number of fused-ring (bicyclic) bond motifs is 2. The van der Waals surface area contributed by atoms with Gasteiger partial charge in [0, 0.05) is 62.7 Å². The fourth-order valence-electron chi connectivity index (χ4n) is 7.36. The van der Waals surface area contributed by atoms with Gasteiger partial charge in [-0.05, 0) is 62.3 Å². The third kappa shape index (κ3) is 9.55. The van der Waals surface area contributed by atoms with Crippen LogP contribution >= 0.6 is 0 Å². The van der Waals surface area contributed by atoms with Gasteiger partial charge in [0.15, 0.2) is 9.84 Å². The van der Waals surface area contributed by atoms with Crippen molar-refractivity contribution in [3.05, 3.63) is 74.7 Å². The van der Waals surface area contributed by atoms with Crippen molar-refractivity contribution in [2.75, 3.05) is 64.8 Å². The van der Waals surface area contributed by atoms with Crippen molar-refractivity contribution in [1.29, 1.82) is 0 Å². The quantitative estimate of drug-likeness (QED) is 0.138. The smallest absolute Gasteiger partial charge is 0.317 e. The lowest BCUT2D eigenvalue weighted by atomic mass is 9.91. The molecule has 0 bridgehead atoms. The molecule has 6 rings (SSSR count). The number of methoxy groups -OCH3 is 2. The van der Waals surface area contributed by atoms with Gasteiger partial charge < -0.3 is 39.6 Å². The van der Waals surface area contributed by atoms with Crippen LogP contribution in [-0.2, 0) is 50.8 Å². The number of aryl methyl sites for hydroxylation is 1. The van der Waals surface area contributed by atoms with Gasteiger partial charge in [0.25, 0.3) is 23.8 Å². The summed E-state index contributed by atoms with van der Waals surface area (Å²) in [4.78, 5) is 89.7. The van der Waals surface area contributed by atoms with Crippen LogP contribution in [0, 0.1) is 0 Å². The summed E-state index contributed by atoms with van der Waals surface area (Å²) < 4.78 is 38.9. The minimum absolute atomic E-state index is 0.0106. The predicted molar refractivity (Wildman–Crippen MR) is 214 cm³/mol. The summed E-state index contributed by atoms with van der Waals surface area (Å²) in [7, 11) is 5.04. The summed E-state index contributed by atoms with van der Waals surface area (Å²) in [5.74, 6) is -2.00. The summed E-state index contributed by atoms with van der Waals surface area (Å²) >= 11 is 0. The van der Waals surface area contributed by atoms with Crippen LogP contribution in [0.3, 0.4) is 0 Å². The Bertz CT molecular complexity index is 2320. The van der Waals surface area contributed by atoms with E-state index in [4.69, 9.17) is 19.4 Å². The molecule has 0 saturated carbocycles. The molecule has 3 aliphatic rings. The maximum absolute atomic E-state index is 13.3. The Balaban J connectivity index is 0.00000214. The fraction of sp³-hybridized carbons (Fsp3) is 0.410. The normalized spacial score (nSPS) is 16.1. The van der Waals surface area contributed by atoms with Crippen molar-refractivity contribution in [1.82, 2.24) is 29.9 Å². The van der Waals surface area contributed by atoms with Gasteiger partial charge >= 0.3 is 6.03 Å². The molecule has 3 aromatic rings. The molecule has 2 aromatic carbocycles. The van der Waals surface area contributed by atoms with Crippen LogP contribution in [0.15, 0.2) is 41.3 Å². The zero-order valence-electron chi connectivity index (χ0n) is 33.3. The van der Waals surface area contributed by atoms with Crippen LogP contribution in [-0.4, -0.2) is 134 Å². The Kier molecular flexibility index (Phi) is 13.8. The fourth-order valence-corrected chi connectivity index (χ4v) is 8.39. The van der Waals surface area contributed by atoms with Crippen LogP contribution in [0.25, 0.3) is 11.1 Å². The van der Waals surface area contributed by atoms with Crippen molar-refractivity contribution in [3.8, 4) is 22.6 Å². The van der Waals surface area contributed by atoms with E-state index in [1.807, 2.05) is 31.1 Å². The summed E-state index contributed by atoms with van der Waals surface area (Å²) in [6.07, 6.45) is 2.16. The van der Waals surface area contributed by atoms with Gasteiger partial charge in [0.2, 0.25) is 11.8 Å². The molecular formula is C39H47N7O12S. The highest BCUT2D eigenvalue weighted by atomic mass is 32.2. The molecule has 1 fully saturated rings. The number of imide groups is 2. The largest absolute Gasteiger partial charge is 0.496 e. The second kappa shape index (κ2) is 18.5. The van der Waals surface area contributed by atoms with Crippen LogP contribution in [0.1, 0.15) is 50.2 Å². The number of aromatic nitrogens is 1. The van der Waals surface area contributed by atoms with E-state index in [2.05, 4.69) is 16.0 Å². The van der Waals surface area contributed by atoms with Gasteiger partial charge in [0.05, 0.1) is 49.0 Å². The number of nitrogens with zero attached hydrogens (tertiary/aromatic N) is 4. The summed E-state index contributed by atoms with van der Waals surface area (Å²) in [5, 5.41) is 14.6. The number of benzene rings is 2. The van der Waals surface area contributed by atoms with Gasteiger partial charge in [-0.3, -0.25) is 39.0 Å². The molecule has 0 radical (unpaired) electrons. The Labute approximate surface area is 340 Å². The minimum Gasteiger partial charge on any atom is -0.496 e. The first-order valence-corrected chi connectivity index (χ1v) is 20.4. The number of anilines is 1. The Morgan fingerprint density at radius 1 is 0.983 bits per heavy atom. The van der Waals surface area contributed by atoms with Crippen molar-refractivity contribution in [3.63, 3.8) is 0 Å². The second-order valence-electron chi connectivity index (χ2n) is 14.3. The number of amides is 6. The number of sulfone groups is 1. The lowest BCUT2D eigenvalue weighted by Gasteiger charge is -2.30. The SMILES string of the molecule is COc1cc(-c2cn(C)c(=O)c3c2CCN(C(=O)NCCS(=O)(=O)CCNc2cccc4c2C(=O)N(C2CCC(=O)NC2=O)C4=O)C3)cc(OC)c1CN(C)C.O=CO.